The van der Waals surface area contributed by atoms with Gasteiger partial charge in [-0.2, -0.15) is 0 Å². The minimum Gasteiger partial charge on any atom is -0.490 e. The van der Waals surface area contributed by atoms with Crippen LogP contribution in [0.3, 0.4) is 0 Å². The highest BCUT2D eigenvalue weighted by atomic mass is 19.1. The Balaban J connectivity index is 2.17. The predicted octanol–water partition coefficient (Wildman–Crippen LogP) is 4.50. The lowest BCUT2D eigenvalue weighted by atomic mass is 10.1. The number of benzene rings is 2. The average molecular weight is 459 g/mol. The Labute approximate surface area is 196 Å². The summed E-state index contributed by atoms with van der Waals surface area (Å²) >= 11 is 0. The van der Waals surface area contributed by atoms with Gasteiger partial charge in [0.2, 0.25) is 11.8 Å². The van der Waals surface area contributed by atoms with E-state index in [1.165, 1.54) is 12.1 Å². The molecule has 0 saturated heterocycles. The van der Waals surface area contributed by atoms with Crippen molar-refractivity contribution >= 4 is 11.8 Å². The number of amides is 2. The molecule has 1 atom stereocenters. The van der Waals surface area contributed by atoms with Crippen LogP contribution in [0.1, 0.15) is 52.2 Å². The van der Waals surface area contributed by atoms with Crippen molar-refractivity contribution in [3.63, 3.8) is 0 Å². The second-order valence-electron chi connectivity index (χ2n) is 8.13. The topological polar surface area (TPSA) is 67.9 Å². The van der Waals surface area contributed by atoms with Gasteiger partial charge in [-0.1, -0.05) is 18.2 Å². The van der Waals surface area contributed by atoms with E-state index in [2.05, 4.69) is 5.32 Å². The fraction of sp³-hybridized carbons (Fsp3) is 0.462. The monoisotopic (exact) mass is 458 g/mol. The summed E-state index contributed by atoms with van der Waals surface area (Å²) in [4.78, 5) is 27.4. The average Bonchev–Trinajstić information content (AvgIpc) is 2.78. The molecule has 7 heteroatoms. The number of nitrogens with one attached hydrogen (secondary N) is 1. The highest BCUT2D eigenvalue weighted by Gasteiger charge is 2.26. The first-order valence-electron chi connectivity index (χ1n) is 11.5. The molecule has 180 valence electrons. The Morgan fingerprint density at radius 1 is 0.939 bits per heavy atom. The Bertz CT molecular complexity index is 915. The highest BCUT2D eigenvalue weighted by molar-refractivity contribution is 5.87. The van der Waals surface area contributed by atoms with E-state index in [-0.39, 0.29) is 36.6 Å². The summed E-state index contributed by atoms with van der Waals surface area (Å²) in [5.41, 5.74) is 1.70. The number of rotatable bonds is 12. The Hall–Kier alpha value is -3.09. The van der Waals surface area contributed by atoms with Crippen molar-refractivity contribution in [3.8, 4) is 11.5 Å². The van der Waals surface area contributed by atoms with Crippen LogP contribution in [0.25, 0.3) is 0 Å². The van der Waals surface area contributed by atoms with E-state index >= 15 is 0 Å². The van der Waals surface area contributed by atoms with Crippen LogP contribution < -0.4 is 14.8 Å². The maximum Gasteiger partial charge on any atom is 0.242 e. The summed E-state index contributed by atoms with van der Waals surface area (Å²) < 4.78 is 24.6. The van der Waals surface area contributed by atoms with Crippen molar-refractivity contribution < 1.29 is 23.5 Å². The van der Waals surface area contributed by atoms with Gasteiger partial charge in [0.15, 0.2) is 11.5 Å². The number of hydrogen-bond acceptors (Lipinski definition) is 4. The zero-order valence-corrected chi connectivity index (χ0v) is 20.2. The molecule has 6 nitrogen and oxygen atoms in total. The fourth-order valence-electron chi connectivity index (χ4n) is 3.42. The summed E-state index contributed by atoms with van der Waals surface area (Å²) in [6.07, 6.45) is 0.712. The second-order valence-corrected chi connectivity index (χ2v) is 8.13. The SMILES string of the molecule is CCOc1ccc(CCC(=O)N(Cc2ccc(F)cc2)[C@@H](C)C(=O)NC(C)C)cc1OCC. The molecule has 2 rings (SSSR count). The number of ether oxygens (including phenoxy) is 2. The maximum atomic E-state index is 13.3. The second kappa shape index (κ2) is 12.8. The Kier molecular flexibility index (Phi) is 10.2. The third-order valence-corrected chi connectivity index (χ3v) is 5.10. The van der Waals surface area contributed by atoms with Gasteiger partial charge in [0.1, 0.15) is 11.9 Å². The first kappa shape index (κ1) is 26.2. The normalized spacial score (nSPS) is 11.7. The van der Waals surface area contributed by atoms with E-state index < -0.39 is 6.04 Å². The molecular weight excluding hydrogens is 423 g/mol. The number of hydrogen-bond donors (Lipinski definition) is 1. The van der Waals surface area contributed by atoms with Gasteiger partial charge in [0, 0.05) is 19.0 Å². The van der Waals surface area contributed by atoms with Crippen LogP contribution in [-0.2, 0) is 22.6 Å². The lowest BCUT2D eigenvalue weighted by molar-refractivity contribution is -0.140. The van der Waals surface area contributed by atoms with Crippen LogP contribution >= 0.6 is 0 Å². The molecule has 0 fully saturated rings. The molecule has 1 N–H and O–H groups in total. The van der Waals surface area contributed by atoms with E-state index in [0.717, 1.165) is 11.1 Å². The lowest BCUT2D eigenvalue weighted by Crippen LogP contribution is -2.49. The van der Waals surface area contributed by atoms with Crippen LogP contribution in [0.15, 0.2) is 42.5 Å². The van der Waals surface area contributed by atoms with Crippen LogP contribution in [-0.4, -0.2) is 42.0 Å². The lowest BCUT2D eigenvalue weighted by Gasteiger charge is -2.29. The molecule has 2 aromatic carbocycles. The van der Waals surface area contributed by atoms with Gasteiger partial charge >= 0.3 is 0 Å². The summed E-state index contributed by atoms with van der Waals surface area (Å²) in [6, 6.07) is 10.9. The van der Waals surface area contributed by atoms with Gasteiger partial charge in [-0.3, -0.25) is 9.59 Å². The first-order valence-corrected chi connectivity index (χ1v) is 11.5. The van der Waals surface area contributed by atoms with Crippen LogP contribution in [0.5, 0.6) is 11.5 Å². The minimum atomic E-state index is -0.663. The van der Waals surface area contributed by atoms with Gasteiger partial charge in [0.25, 0.3) is 0 Å². The molecule has 0 spiro atoms. The number of halogens is 1. The summed E-state index contributed by atoms with van der Waals surface area (Å²) in [5.74, 6) is 0.601. The molecule has 0 bridgehead atoms. The number of aryl methyl sites for hydroxylation is 1. The smallest absolute Gasteiger partial charge is 0.242 e. The molecule has 0 saturated carbocycles. The molecule has 0 radical (unpaired) electrons. The highest BCUT2D eigenvalue weighted by Crippen LogP contribution is 2.29. The predicted molar refractivity (Wildman–Crippen MR) is 127 cm³/mol. The Morgan fingerprint density at radius 2 is 1.55 bits per heavy atom. The van der Waals surface area contributed by atoms with E-state index in [1.807, 2.05) is 45.9 Å². The molecule has 33 heavy (non-hydrogen) atoms. The quantitative estimate of drug-likeness (QED) is 0.509. The van der Waals surface area contributed by atoms with E-state index in [0.29, 0.717) is 31.1 Å². The third kappa shape index (κ3) is 8.08. The van der Waals surface area contributed by atoms with Gasteiger partial charge in [-0.05, 0) is 76.4 Å². The molecule has 2 amide bonds. The van der Waals surface area contributed by atoms with Crippen LogP contribution in [0, 0.1) is 5.82 Å². The number of carbonyl (C=O) groups is 2. The maximum absolute atomic E-state index is 13.3. The zero-order valence-electron chi connectivity index (χ0n) is 20.2. The molecule has 0 aromatic heterocycles. The molecule has 0 aliphatic carbocycles. The summed E-state index contributed by atoms with van der Waals surface area (Å²) in [7, 11) is 0. The number of nitrogens with zero attached hydrogens (tertiary/aromatic N) is 1. The van der Waals surface area contributed by atoms with Gasteiger partial charge in [-0.25, -0.2) is 4.39 Å². The molecule has 0 aliphatic rings. The van der Waals surface area contributed by atoms with Crippen molar-refractivity contribution in [2.75, 3.05) is 13.2 Å². The number of carbonyl (C=O) groups excluding carboxylic acids is 2. The third-order valence-electron chi connectivity index (χ3n) is 5.10. The fourth-order valence-corrected chi connectivity index (χ4v) is 3.42. The van der Waals surface area contributed by atoms with Crippen LogP contribution in [0.2, 0.25) is 0 Å². The minimum absolute atomic E-state index is 0.0384. The summed E-state index contributed by atoms with van der Waals surface area (Å²) in [5, 5.41) is 2.86. The molecule has 0 unspecified atom stereocenters. The molecule has 2 aromatic rings. The van der Waals surface area contributed by atoms with E-state index in [4.69, 9.17) is 9.47 Å². The van der Waals surface area contributed by atoms with E-state index in [1.54, 1.807) is 24.0 Å². The Morgan fingerprint density at radius 3 is 2.15 bits per heavy atom. The molecule has 0 aliphatic heterocycles. The van der Waals surface area contributed by atoms with Crippen molar-refractivity contribution in [1.82, 2.24) is 10.2 Å². The van der Waals surface area contributed by atoms with Crippen molar-refractivity contribution in [2.24, 2.45) is 0 Å². The van der Waals surface area contributed by atoms with Gasteiger partial charge in [0.05, 0.1) is 13.2 Å². The van der Waals surface area contributed by atoms with Crippen LogP contribution in [0.4, 0.5) is 4.39 Å². The van der Waals surface area contributed by atoms with Crippen molar-refractivity contribution in [3.05, 3.63) is 59.4 Å². The van der Waals surface area contributed by atoms with Crippen molar-refractivity contribution in [1.29, 1.82) is 0 Å². The molecule has 0 heterocycles. The first-order chi connectivity index (χ1) is 15.7. The summed E-state index contributed by atoms with van der Waals surface area (Å²) in [6.45, 7) is 10.5. The van der Waals surface area contributed by atoms with E-state index in [9.17, 15) is 14.0 Å². The largest absolute Gasteiger partial charge is 0.490 e. The van der Waals surface area contributed by atoms with Gasteiger partial charge < -0.3 is 19.7 Å². The standard InChI is InChI=1S/C26H35FN2O4/c1-6-32-23-14-10-20(16-24(23)33-7-2)11-15-25(30)29(19(5)26(31)28-18(3)4)17-21-8-12-22(27)13-9-21/h8-10,12-14,16,18-19H,6-7,11,15,17H2,1-5H3,(H,28,31)/t19-/m0/s1. The zero-order chi connectivity index (χ0) is 24.4. The van der Waals surface area contributed by atoms with Crippen molar-refractivity contribution in [2.45, 2.75) is 66.1 Å². The molecular formula is C26H35FN2O4. The van der Waals surface area contributed by atoms with Gasteiger partial charge in [-0.15, -0.1) is 0 Å².